The Balaban J connectivity index is 1.50. The Labute approximate surface area is 208 Å². The van der Waals surface area contributed by atoms with Crippen LogP contribution in [0.3, 0.4) is 0 Å². The van der Waals surface area contributed by atoms with Crippen LogP contribution in [0.5, 0.6) is 0 Å². The predicted octanol–water partition coefficient (Wildman–Crippen LogP) is 8.27. The smallest absolute Gasteiger partial charge is 0.0503 e. The van der Waals surface area contributed by atoms with Crippen LogP contribution < -0.4 is 10.2 Å². The molecule has 0 fully saturated rings. The lowest BCUT2D eigenvalue weighted by atomic mass is 9.68. The summed E-state index contributed by atoms with van der Waals surface area (Å²) in [5.74, 6) is 0. The molecule has 6 rings (SSSR count). The van der Waals surface area contributed by atoms with E-state index in [-0.39, 0.29) is 5.41 Å². The summed E-state index contributed by atoms with van der Waals surface area (Å²) in [7, 11) is 2.05. The maximum Gasteiger partial charge on any atom is 0.0503 e. The third-order valence-corrected chi connectivity index (χ3v) is 7.58. The molecular formula is C33H30N2. The minimum absolute atomic E-state index is 0.0686. The van der Waals surface area contributed by atoms with Gasteiger partial charge in [-0.15, -0.1) is 0 Å². The highest BCUT2D eigenvalue weighted by atomic mass is 15.2. The molecule has 1 heterocycles. The second-order valence-corrected chi connectivity index (χ2v) is 9.47. The molecule has 0 saturated carbocycles. The van der Waals surface area contributed by atoms with Gasteiger partial charge in [0, 0.05) is 30.3 Å². The van der Waals surface area contributed by atoms with Gasteiger partial charge >= 0.3 is 0 Å². The summed E-state index contributed by atoms with van der Waals surface area (Å²) in [6.07, 6.45) is 6.42. The number of rotatable bonds is 4. The molecule has 2 nitrogen and oxygen atoms in total. The zero-order chi connectivity index (χ0) is 23.8. The van der Waals surface area contributed by atoms with Crippen LogP contribution in [0.1, 0.15) is 30.9 Å². The molecule has 0 bridgehead atoms. The molecule has 4 aromatic carbocycles. The van der Waals surface area contributed by atoms with Gasteiger partial charge in [-0.2, -0.15) is 0 Å². The van der Waals surface area contributed by atoms with Crippen molar-refractivity contribution in [3.63, 3.8) is 0 Å². The summed E-state index contributed by atoms with van der Waals surface area (Å²) >= 11 is 0. The van der Waals surface area contributed by atoms with Crippen molar-refractivity contribution in [1.29, 1.82) is 0 Å². The lowest BCUT2D eigenvalue weighted by Crippen LogP contribution is -2.34. The van der Waals surface area contributed by atoms with Crippen molar-refractivity contribution in [2.24, 2.45) is 0 Å². The number of hydrogen-bond acceptors (Lipinski definition) is 2. The van der Waals surface area contributed by atoms with E-state index in [1.54, 1.807) is 0 Å². The number of allylic oxidation sites excluding steroid dienone is 4. The van der Waals surface area contributed by atoms with Crippen LogP contribution in [0.25, 0.3) is 11.1 Å². The molecule has 0 saturated heterocycles. The first-order valence-electron chi connectivity index (χ1n) is 12.4. The standard InChI is InChI=1S/C33H30N2/c1-3-11-26-22-33(23-30(26)34-2)28-14-7-9-16-31(28)35(32-17-10-8-15-29(32)33)27-20-18-25(19-21-27)24-12-5-4-6-13-24/h3-21,34H,22-23H2,1-2H3/b11-3-. The van der Waals surface area contributed by atoms with Crippen LogP contribution in [0.4, 0.5) is 17.1 Å². The highest BCUT2D eigenvalue weighted by molar-refractivity contribution is 5.87. The van der Waals surface area contributed by atoms with Crippen LogP contribution in [0.2, 0.25) is 0 Å². The topological polar surface area (TPSA) is 15.3 Å². The van der Waals surface area contributed by atoms with Crippen LogP contribution in [0, 0.1) is 0 Å². The van der Waals surface area contributed by atoms with E-state index in [4.69, 9.17) is 0 Å². The number of fused-ring (bicyclic) bond motifs is 4. The number of nitrogens with zero attached hydrogens (tertiary/aromatic N) is 1. The van der Waals surface area contributed by atoms with E-state index < -0.39 is 0 Å². The van der Waals surface area contributed by atoms with Gasteiger partial charge in [0.2, 0.25) is 0 Å². The van der Waals surface area contributed by atoms with Crippen molar-refractivity contribution >= 4 is 17.1 Å². The van der Waals surface area contributed by atoms with Gasteiger partial charge in [0.15, 0.2) is 0 Å². The average Bonchev–Trinajstić information content (AvgIpc) is 3.29. The Morgan fingerprint density at radius 3 is 1.86 bits per heavy atom. The van der Waals surface area contributed by atoms with E-state index in [1.807, 2.05) is 0 Å². The predicted molar refractivity (Wildman–Crippen MR) is 147 cm³/mol. The minimum atomic E-state index is -0.0686. The molecule has 2 heteroatoms. The van der Waals surface area contributed by atoms with Crippen LogP contribution in [0.15, 0.2) is 127 Å². The van der Waals surface area contributed by atoms with E-state index >= 15 is 0 Å². The van der Waals surface area contributed by atoms with Crippen LogP contribution in [-0.2, 0) is 5.41 Å². The molecule has 1 N–H and O–H groups in total. The maximum atomic E-state index is 3.51. The van der Waals surface area contributed by atoms with Crippen molar-refractivity contribution in [2.75, 3.05) is 11.9 Å². The van der Waals surface area contributed by atoms with E-state index in [0.717, 1.165) is 12.8 Å². The first-order valence-corrected chi connectivity index (χ1v) is 12.4. The number of benzene rings is 4. The molecule has 1 spiro atoms. The quantitative estimate of drug-likeness (QED) is 0.334. The Kier molecular flexibility index (Phi) is 5.30. The number of anilines is 3. The van der Waals surface area contributed by atoms with Crippen molar-refractivity contribution < 1.29 is 0 Å². The van der Waals surface area contributed by atoms with E-state index in [1.165, 1.54) is 50.6 Å². The van der Waals surface area contributed by atoms with Gasteiger partial charge in [0.05, 0.1) is 11.4 Å². The summed E-state index contributed by atoms with van der Waals surface area (Å²) in [6, 6.07) is 37.5. The van der Waals surface area contributed by atoms with Crippen molar-refractivity contribution in [3.8, 4) is 11.1 Å². The molecule has 0 unspecified atom stereocenters. The molecular weight excluding hydrogens is 424 g/mol. The van der Waals surface area contributed by atoms with Crippen LogP contribution >= 0.6 is 0 Å². The van der Waals surface area contributed by atoms with Gasteiger partial charge in [-0.25, -0.2) is 0 Å². The molecule has 4 aromatic rings. The van der Waals surface area contributed by atoms with Gasteiger partial charge in [0.1, 0.15) is 0 Å². The summed E-state index contributed by atoms with van der Waals surface area (Å²) < 4.78 is 0. The summed E-state index contributed by atoms with van der Waals surface area (Å²) in [5, 5.41) is 3.51. The van der Waals surface area contributed by atoms with Gasteiger partial charge in [-0.1, -0.05) is 91.0 Å². The Bertz CT molecular complexity index is 1380. The molecule has 1 aliphatic heterocycles. The number of nitrogens with one attached hydrogen (secondary N) is 1. The first-order chi connectivity index (χ1) is 17.2. The van der Waals surface area contributed by atoms with Crippen molar-refractivity contribution in [2.45, 2.75) is 25.2 Å². The number of para-hydroxylation sites is 2. The average molecular weight is 455 g/mol. The Morgan fingerprint density at radius 2 is 1.26 bits per heavy atom. The van der Waals surface area contributed by atoms with Crippen molar-refractivity contribution in [1.82, 2.24) is 5.32 Å². The molecule has 0 atom stereocenters. The molecule has 1 aliphatic carbocycles. The second-order valence-electron chi connectivity index (χ2n) is 9.47. The lowest BCUT2D eigenvalue weighted by molar-refractivity contribution is 0.532. The monoisotopic (exact) mass is 454 g/mol. The maximum absolute atomic E-state index is 3.51. The fourth-order valence-electron chi connectivity index (χ4n) is 6.03. The molecule has 35 heavy (non-hydrogen) atoms. The lowest BCUT2D eigenvalue weighted by Gasteiger charge is -2.44. The third kappa shape index (κ3) is 3.40. The van der Waals surface area contributed by atoms with Gasteiger partial charge < -0.3 is 10.2 Å². The van der Waals surface area contributed by atoms with Crippen molar-refractivity contribution in [3.05, 3.63) is 138 Å². The van der Waals surface area contributed by atoms with Gasteiger partial charge in [-0.3, -0.25) is 0 Å². The molecule has 0 aromatic heterocycles. The zero-order valence-electron chi connectivity index (χ0n) is 20.3. The third-order valence-electron chi connectivity index (χ3n) is 7.58. The summed E-state index contributed by atoms with van der Waals surface area (Å²) in [5.41, 5.74) is 11.7. The normalized spacial score (nSPS) is 16.0. The summed E-state index contributed by atoms with van der Waals surface area (Å²) in [6.45, 7) is 2.11. The van der Waals surface area contributed by atoms with Gasteiger partial charge in [0.25, 0.3) is 0 Å². The molecule has 0 amide bonds. The van der Waals surface area contributed by atoms with Crippen LogP contribution in [-0.4, -0.2) is 7.05 Å². The first kappa shape index (κ1) is 21.5. The SMILES string of the molecule is C/C=C\C1=C(NC)CC2(C1)c1ccccc1N(c1ccc(-c3ccccc3)cc1)c1ccccc12. The Morgan fingerprint density at radius 1 is 0.686 bits per heavy atom. The van der Waals surface area contributed by atoms with E-state index in [2.05, 4.69) is 139 Å². The van der Waals surface area contributed by atoms with E-state index in [9.17, 15) is 0 Å². The van der Waals surface area contributed by atoms with Gasteiger partial charge in [-0.05, 0) is 65.4 Å². The fraction of sp³-hybridized carbons (Fsp3) is 0.152. The number of hydrogen-bond donors (Lipinski definition) is 1. The molecule has 0 radical (unpaired) electrons. The summed E-state index contributed by atoms with van der Waals surface area (Å²) in [4.78, 5) is 2.44. The Hall–Kier alpha value is -4.04. The zero-order valence-corrected chi connectivity index (χ0v) is 20.3. The highest BCUT2D eigenvalue weighted by Gasteiger charge is 2.47. The fourth-order valence-corrected chi connectivity index (χ4v) is 6.03. The highest BCUT2D eigenvalue weighted by Crippen LogP contribution is 2.59. The minimum Gasteiger partial charge on any atom is -0.391 e. The molecule has 172 valence electrons. The largest absolute Gasteiger partial charge is 0.391 e. The van der Waals surface area contributed by atoms with E-state index in [0.29, 0.717) is 0 Å². The molecule has 2 aliphatic rings. The second kappa shape index (κ2) is 8.63.